The number of nitrogens with one attached hydrogen (secondary N) is 1. The Morgan fingerprint density at radius 3 is 2.85 bits per heavy atom. The van der Waals surface area contributed by atoms with Crippen molar-refractivity contribution >= 4 is 11.6 Å². The fraction of sp³-hybridized carbons (Fsp3) is 0.200. The Bertz CT molecular complexity index is 599. The molecule has 0 unspecified atom stereocenters. The van der Waals surface area contributed by atoms with E-state index >= 15 is 0 Å². The van der Waals surface area contributed by atoms with Crippen LogP contribution in [0.1, 0.15) is 11.3 Å². The third-order valence-electron chi connectivity index (χ3n) is 2.83. The molecule has 0 spiro atoms. The van der Waals surface area contributed by atoms with Gasteiger partial charge in [-0.1, -0.05) is 18.2 Å². The number of aromatic nitrogens is 1. The summed E-state index contributed by atoms with van der Waals surface area (Å²) in [6.45, 7) is 2.14. The number of hydrogen-bond donors (Lipinski definition) is 2. The molecule has 1 amide bonds. The second-order valence-corrected chi connectivity index (χ2v) is 4.29. The average molecular weight is 271 g/mol. The molecule has 1 aromatic heterocycles. The van der Waals surface area contributed by atoms with Gasteiger partial charge < -0.3 is 15.8 Å². The van der Waals surface area contributed by atoms with Crippen LogP contribution >= 0.6 is 0 Å². The molecule has 0 bridgehead atoms. The van der Waals surface area contributed by atoms with Crippen molar-refractivity contribution in [1.29, 1.82) is 0 Å². The smallest absolute Gasteiger partial charge is 0.262 e. The summed E-state index contributed by atoms with van der Waals surface area (Å²) in [7, 11) is 0. The lowest BCUT2D eigenvalue weighted by molar-refractivity contribution is -0.118. The topological polar surface area (TPSA) is 77.2 Å². The van der Waals surface area contributed by atoms with Crippen LogP contribution < -0.4 is 15.8 Å². The lowest BCUT2D eigenvalue weighted by Gasteiger charge is -2.11. The van der Waals surface area contributed by atoms with E-state index < -0.39 is 0 Å². The van der Waals surface area contributed by atoms with Crippen molar-refractivity contribution in [2.45, 2.75) is 13.5 Å². The van der Waals surface area contributed by atoms with E-state index in [0.717, 1.165) is 11.3 Å². The number of nitrogens with two attached hydrogens (primary N) is 1. The Balaban J connectivity index is 1.95. The number of pyridine rings is 1. The molecule has 20 heavy (non-hydrogen) atoms. The minimum absolute atomic E-state index is 0.0640. The maximum absolute atomic E-state index is 11.9. The fourth-order valence-corrected chi connectivity index (χ4v) is 1.77. The molecule has 5 nitrogen and oxygen atoms in total. The number of benzene rings is 1. The van der Waals surface area contributed by atoms with Crippen LogP contribution in [0.5, 0.6) is 5.75 Å². The first-order chi connectivity index (χ1) is 9.70. The highest BCUT2D eigenvalue weighted by atomic mass is 16.5. The van der Waals surface area contributed by atoms with Gasteiger partial charge in [-0.25, -0.2) is 0 Å². The van der Waals surface area contributed by atoms with Gasteiger partial charge >= 0.3 is 0 Å². The predicted octanol–water partition coefficient (Wildman–Crippen LogP) is 1.87. The lowest BCUT2D eigenvalue weighted by atomic mass is 10.2. The summed E-state index contributed by atoms with van der Waals surface area (Å²) in [4.78, 5) is 16.0. The quantitative estimate of drug-likeness (QED) is 0.870. The predicted molar refractivity (Wildman–Crippen MR) is 77.4 cm³/mol. The second-order valence-electron chi connectivity index (χ2n) is 4.29. The first-order valence-electron chi connectivity index (χ1n) is 6.33. The molecular weight excluding hydrogens is 254 g/mol. The third-order valence-corrected chi connectivity index (χ3v) is 2.83. The lowest BCUT2D eigenvalue weighted by Crippen LogP contribution is -2.21. The molecule has 3 N–H and O–H groups in total. The van der Waals surface area contributed by atoms with E-state index in [4.69, 9.17) is 10.5 Å². The van der Waals surface area contributed by atoms with Gasteiger partial charge in [0.2, 0.25) is 0 Å². The van der Waals surface area contributed by atoms with E-state index in [1.165, 1.54) is 0 Å². The maximum atomic E-state index is 11.9. The first-order valence-corrected chi connectivity index (χ1v) is 6.33. The number of carbonyl (C=O) groups excluding carboxylic acids is 1. The van der Waals surface area contributed by atoms with E-state index in [2.05, 4.69) is 10.3 Å². The Morgan fingerprint density at radius 2 is 2.10 bits per heavy atom. The van der Waals surface area contributed by atoms with Crippen LogP contribution in [0, 0.1) is 6.92 Å². The van der Waals surface area contributed by atoms with Crippen LogP contribution in [0.4, 0.5) is 5.69 Å². The van der Waals surface area contributed by atoms with Gasteiger partial charge in [-0.05, 0) is 30.7 Å². The zero-order valence-corrected chi connectivity index (χ0v) is 11.3. The fourth-order valence-electron chi connectivity index (χ4n) is 1.77. The molecule has 0 fully saturated rings. The van der Waals surface area contributed by atoms with E-state index in [0.29, 0.717) is 18.0 Å². The van der Waals surface area contributed by atoms with Crippen molar-refractivity contribution in [2.24, 2.45) is 5.73 Å². The van der Waals surface area contributed by atoms with Crippen LogP contribution in [0.3, 0.4) is 0 Å². The van der Waals surface area contributed by atoms with Gasteiger partial charge in [0.15, 0.2) is 6.61 Å². The number of nitrogens with zero attached hydrogens (tertiary/aromatic N) is 1. The highest BCUT2D eigenvalue weighted by Gasteiger charge is 2.07. The summed E-state index contributed by atoms with van der Waals surface area (Å²) >= 11 is 0. The molecule has 0 saturated carbocycles. The molecule has 0 aliphatic rings. The van der Waals surface area contributed by atoms with Gasteiger partial charge in [0.1, 0.15) is 5.75 Å². The van der Waals surface area contributed by atoms with Crippen molar-refractivity contribution in [3.63, 3.8) is 0 Å². The molecule has 1 heterocycles. The van der Waals surface area contributed by atoms with Crippen LogP contribution in [-0.4, -0.2) is 17.5 Å². The number of ether oxygens (including phenoxy) is 1. The molecule has 1 aromatic carbocycles. The average Bonchev–Trinajstić information content (AvgIpc) is 2.47. The largest absolute Gasteiger partial charge is 0.482 e. The zero-order valence-electron chi connectivity index (χ0n) is 11.3. The minimum Gasteiger partial charge on any atom is -0.482 e. The van der Waals surface area contributed by atoms with Crippen molar-refractivity contribution in [3.05, 3.63) is 53.9 Å². The summed E-state index contributed by atoms with van der Waals surface area (Å²) in [5.74, 6) is 0.379. The Hall–Kier alpha value is -2.40. The molecule has 0 radical (unpaired) electrons. The maximum Gasteiger partial charge on any atom is 0.262 e. The van der Waals surface area contributed by atoms with Crippen molar-refractivity contribution in [1.82, 2.24) is 4.98 Å². The number of carbonyl (C=O) groups is 1. The Morgan fingerprint density at radius 1 is 1.30 bits per heavy atom. The highest BCUT2D eigenvalue weighted by molar-refractivity contribution is 5.92. The number of aryl methyl sites for hydroxylation is 1. The van der Waals surface area contributed by atoms with E-state index in [1.807, 2.05) is 31.2 Å². The van der Waals surface area contributed by atoms with E-state index in [9.17, 15) is 4.79 Å². The minimum atomic E-state index is -0.228. The summed E-state index contributed by atoms with van der Waals surface area (Å²) in [5.41, 5.74) is 7.97. The summed E-state index contributed by atoms with van der Waals surface area (Å²) in [6.07, 6.45) is 1.68. The molecule has 104 valence electrons. The van der Waals surface area contributed by atoms with Crippen LogP contribution in [-0.2, 0) is 11.3 Å². The monoisotopic (exact) mass is 271 g/mol. The van der Waals surface area contributed by atoms with Gasteiger partial charge in [-0.2, -0.15) is 0 Å². The number of para-hydroxylation sites is 1. The van der Waals surface area contributed by atoms with Crippen LogP contribution in [0.15, 0.2) is 42.6 Å². The number of anilines is 1. The molecule has 5 heteroatoms. The normalized spacial score (nSPS) is 10.1. The molecule has 2 aromatic rings. The van der Waals surface area contributed by atoms with Gasteiger partial charge in [0, 0.05) is 18.4 Å². The first kappa shape index (κ1) is 14.0. The molecule has 0 saturated heterocycles. The molecule has 0 atom stereocenters. The van der Waals surface area contributed by atoms with Gasteiger partial charge in [-0.3, -0.25) is 9.78 Å². The standard InChI is InChI=1S/C15H17N3O2/c1-11-14(7-4-8-17-11)20-10-15(19)18-13-6-3-2-5-12(13)9-16/h2-8H,9-10,16H2,1H3,(H,18,19). The Kier molecular flexibility index (Phi) is 4.68. The second kappa shape index (κ2) is 6.68. The number of hydrogen-bond acceptors (Lipinski definition) is 4. The van der Waals surface area contributed by atoms with Crippen molar-refractivity contribution in [2.75, 3.05) is 11.9 Å². The Labute approximate surface area is 117 Å². The van der Waals surface area contributed by atoms with Crippen molar-refractivity contribution < 1.29 is 9.53 Å². The zero-order chi connectivity index (χ0) is 14.4. The van der Waals surface area contributed by atoms with E-state index in [1.54, 1.807) is 18.3 Å². The molecule has 2 rings (SSSR count). The number of rotatable bonds is 5. The van der Waals surface area contributed by atoms with Crippen LogP contribution in [0.25, 0.3) is 0 Å². The molecule has 0 aliphatic heterocycles. The van der Waals surface area contributed by atoms with Gasteiger partial charge in [-0.15, -0.1) is 0 Å². The molecular formula is C15H17N3O2. The highest BCUT2D eigenvalue weighted by Crippen LogP contribution is 2.15. The van der Waals surface area contributed by atoms with Crippen LogP contribution in [0.2, 0.25) is 0 Å². The number of amides is 1. The van der Waals surface area contributed by atoms with E-state index in [-0.39, 0.29) is 12.5 Å². The van der Waals surface area contributed by atoms with Gasteiger partial charge in [0.25, 0.3) is 5.91 Å². The summed E-state index contributed by atoms with van der Waals surface area (Å²) in [6, 6.07) is 11.0. The summed E-state index contributed by atoms with van der Waals surface area (Å²) in [5, 5.41) is 2.79. The van der Waals surface area contributed by atoms with Crippen molar-refractivity contribution in [3.8, 4) is 5.75 Å². The SMILES string of the molecule is Cc1ncccc1OCC(=O)Nc1ccccc1CN. The third kappa shape index (κ3) is 3.55. The summed E-state index contributed by atoms with van der Waals surface area (Å²) < 4.78 is 5.44. The van der Waals surface area contributed by atoms with Gasteiger partial charge in [0.05, 0.1) is 5.69 Å². The molecule has 0 aliphatic carbocycles.